The van der Waals surface area contributed by atoms with Crippen molar-refractivity contribution in [2.75, 3.05) is 12.4 Å². The highest BCUT2D eigenvalue weighted by molar-refractivity contribution is 5.94. The Morgan fingerprint density at radius 1 is 1.12 bits per heavy atom. The second-order valence-electron chi connectivity index (χ2n) is 7.86. The highest BCUT2D eigenvalue weighted by atomic mass is 16.5. The molecule has 4 aromatic rings. The summed E-state index contributed by atoms with van der Waals surface area (Å²) in [5.74, 6) is -0.251. The van der Waals surface area contributed by atoms with E-state index in [0.717, 1.165) is 38.9 Å². The van der Waals surface area contributed by atoms with Crippen LogP contribution in [0.1, 0.15) is 40.1 Å². The number of para-hydroxylation sites is 1. The Morgan fingerprint density at radius 2 is 1.85 bits per heavy atom. The highest BCUT2D eigenvalue weighted by Gasteiger charge is 2.17. The summed E-state index contributed by atoms with van der Waals surface area (Å²) in [6.07, 6.45) is 0. The van der Waals surface area contributed by atoms with Crippen molar-refractivity contribution in [2.24, 2.45) is 0 Å². The Labute approximate surface area is 192 Å². The molecule has 0 amide bonds. The van der Waals surface area contributed by atoms with Crippen LogP contribution in [-0.4, -0.2) is 23.2 Å². The summed E-state index contributed by atoms with van der Waals surface area (Å²) < 4.78 is 5.25. The number of fused-ring (bicyclic) bond motifs is 1. The molecule has 0 aliphatic heterocycles. The normalized spacial score (nSPS) is 11.6. The summed E-state index contributed by atoms with van der Waals surface area (Å²) in [5, 5.41) is 23.5. The lowest BCUT2D eigenvalue weighted by Gasteiger charge is -2.20. The maximum Gasteiger partial charge on any atom is 0.337 e. The van der Waals surface area contributed by atoms with Gasteiger partial charge in [0.15, 0.2) is 0 Å². The molecule has 1 heterocycles. The van der Waals surface area contributed by atoms with Crippen LogP contribution in [0.3, 0.4) is 0 Å². The number of rotatable bonds is 6. The molecule has 6 nitrogen and oxygen atoms in total. The molecule has 3 aromatic carbocycles. The predicted molar refractivity (Wildman–Crippen MR) is 129 cm³/mol. The molecule has 0 saturated heterocycles. The summed E-state index contributed by atoms with van der Waals surface area (Å²) in [4.78, 5) is 16.3. The summed E-state index contributed by atoms with van der Waals surface area (Å²) >= 11 is 0. The third-order valence-corrected chi connectivity index (χ3v) is 5.61. The van der Waals surface area contributed by atoms with Gasteiger partial charge in [0.1, 0.15) is 17.5 Å². The minimum Gasteiger partial charge on any atom is -0.497 e. The number of carboxylic acids is 1. The fourth-order valence-corrected chi connectivity index (χ4v) is 3.99. The first kappa shape index (κ1) is 21.8. The number of nitriles is 1. The molecule has 0 unspecified atom stereocenters. The lowest BCUT2D eigenvalue weighted by atomic mass is 9.95. The maximum atomic E-state index is 11.6. The molecule has 0 aliphatic rings. The van der Waals surface area contributed by atoms with Gasteiger partial charge < -0.3 is 15.2 Å². The van der Waals surface area contributed by atoms with Gasteiger partial charge in [-0.1, -0.05) is 30.3 Å². The number of hydrogen-bond acceptors (Lipinski definition) is 5. The first-order valence-electron chi connectivity index (χ1n) is 10.5. The second-order valence-corrected chi connectivity index (χ2v) is 7.86. The molecular weight excluding hydrogens is 414 g/mol. The number of benzene rings is 3. The predicted octanol–water partition coefficient (Wildman–Crippen LogP) is 5.96. The van der Waals surface area contributed by atoms with Crippen molar-refractivity contribution in [1.82, 2.24) is 4.98 Å². The van der Waals surface area contributed by atoms with Gasteiger partial charge in [-0.25, -0.2) is 9.78 Å². The molecule has 4 rings (SSSR count). The lowest BCUT2D eigenvalue weighted by Crippen LogP contribution is -2.11. The Kier molecular flexibility index (Phi) is 5.97. The van der Waals surface area contributed by atoms with Crippen LogP contribution in [0, 0.1) is 18.3 Å². The molecule has 0 spiro atoms. The van der Waals surface area contributed by atoms with Crippen molar-refractivity contribution >= 4 is 22.6 Å². The van der Waals surface area contributed by atoms with Gasteiger partial charge >= 0.3 is 5.97 Å². The Bertz CT molecular complexity index is 1390. The number of carbonyl (C=O) groups is 1. The third kappa shape index (κ3) is 4.35. The number of methoxy groups -OCH3 is 1. The largest absolute Gasteiger partial charge is 0.497 e. The van der Waals surface area contributed by atoms with E-state index >= 15 is 0 Å². The van der Waals surface area contributed by atoms with E-state index < -0.39 is 5.97 Å². The average molecular weight is 437 g/mol. The summed E-state index contributed by atoms with van der Waals surface area (Å²) in [6, 6.07) is 22.4. The zero-order valence-corrected chi connectivity index (χ0v) is 18.6. The van der Waals surface area contributed by atoms with Gasteiger partial charge in [0.2, 0.25) is 0 Å². The van der Waals surface area contributed by atoms with Crippen molar-refractivity contribution in [3.05, 3.63) is 89.1 Å². The first-order chi connectivity index (χ1) is 15.9. The van der Waals surface area contributed by atoms with Crippen molar-refractivity contribution < 1.29 is 14.6 Å². The van der Waals surface area contributed by atoms with E-state index in [-0.39, 0.29) is 11.6 Å². The number of aryl methyl sites for hydroxylation is 1. The van der Waals surface area contributed by atoms with Crippen LogP contribution < -0.4 is 10.1 Å². The number of aromatic carboxylic acids is 1. The van der Waals surface area contributed by atoms with E-state index in [2.05, 4.69) is 22.4 Å². The Hall–Kier alpha value is -4.37. The van der Waals surface area contributed by atoms with E-state index in [4.69, 9.17) is 4.74 Å². The molecule has 0 saturated carbocycles. The van der Waals surface area contributed by atoms with Crippen molar-refractivity contribution in [1.29, 1.82) is 5.26 Å². The van der Waals surface area contributed by atoms with Gasteiger partial charge in [-0.3, -0.25) is 0 Å². The Balaban J connectivity index is 1.84. The van der Waals surface area contributed by atoms with E-state index in [1.54, 1.807) is 31.4 Å². The fraction of sp³-hybridized carbons (Fsp3) is 0.148. The van der Waals surface area contributed by atoms with Crippen LogP contribution in [0.2, 0.25) is 0 Å². The van der Waals surface area contributed by atoms with Gasteiger partial charge in [0.05, 0.1) is 18.2 Å². The molecule has 2 N–H and O–H groups in total. The van der Waals surface area contributed by atoms with E-state index in [1.807, 2.05) is 50.2 Å². The molecule has 1 atom stereocenters. The highest BCUT2D eigenvalue weighted by Crippen LogP contribution is 2.33. The van der Waals surface area contributed by atoms with Crippen LogP contribution in [0.4, 0.5) is 5.69 Å². The smallest absolute Gasteiger partial charge is 0.337 e. The van der Waals surface area contributed by atoms with E-state index in [0.29, 0.717) is 11.4 Å². The van der Waals surface area contributed by atoms with E-state index in [1.165, 1.54) is 0 Å². The minimum absolute atomic E-state index is 0.202. The lowest BCUT2D eigenvalue weighted by molar-refractivity contribution is 0.0698. The van der Waals surface area contributed by atoms with Gasteiger partial charge in [-0.15, -0.1) is 0 Å². The number of anilines is 1. The molecule has 0 radical (unpaired) electrons. The van der Waals surface area contributed by atoms with Crippen LogP contribution >= 0.6 is 0 Å². The van der Waals surface area contributed by atoms with Crippen molar-refractivity contribution in [3.8, 4) is 22.9 Å². The molecule has 164 valence electrons. The van der Waals surface area contributed by atoms with Crippen LogP contribution in [0.15, 0.2) is 66.7 Å². The fourth-order valence-electron chi connectivity index (χ4n) is 3.99. The zero-order valence-electron chi connectivity index (χ0n) is 18.6. The van der Waals surface area contributed by atoms with Crippen LogP contribution in [0.25, 0.3) is 22.0 Å². The molecule has 6 heteroatoms. The van der Waals surface area contributed by atoms with Gasteiger partial charge in [0.25, 0.3) is 0 Å². The summed E-state index contributed by atoms with van der Waals surface area (Å²) in [5.41, 5.74) is 5.40. The number of aromatic nitrogens is 1. The Morgan fingerprint density at radius 3 is 2.52 bits per heavy atom. The van der Waals surface area contributed by atoms with Crippen LogP contribution in [0.5, 0.6) is 5.75 Å². The van der Waals surface area contributed by atoms with Crippen LogP contribution in [-0.2, 0) is 0 Å². The second kappa shape index (κ2) is 9.01. The quantitative estimate of drug-likeness (QED) is 0.386. The molecule has 0 aliphatic carbocycles. The van der Waals surface area contributed by atoms with Gasteiger partial charge in [0, 0.05) is 22.7 Å². The number of pyridine rings is 1. The number of nitrogens with one attached hydrogen (secondary N) is 1. The minimum atomic E-state index is -0.985. The van der Waals surface area contributed by atoms with Gasteiger partial charge in [-0.2, -0.15) is 5.26 Å². The zero-order chi connectivity index (χ0) is 23.5. The number of ether oxygens (including phenoxy) is 1. The SMILES string of the molecule is COc1ccc(-c2cc3c([C@H](C)Nc4ccccc4C(=O)O)cc(C)cc3nc2C#N)cc1. The monoisotopic (exact) mass is 437 g/mol. The molecule has 0 bridgehead atoms. The molecule has 0 fully saturated rings. The van der Waals surface area contributed by atoms with E-state index in [9.17, 15) is 15.2 Å². The van der Waals surface area contributed by atoms with Gasteiger partial charge in [-0.05, 0) is 66.9 Å². The third-order valence-electron chi connectivity index (χ3n) is 5.61. The topological polar surface area (TPSA) is 95.2 Å². The number of carboxylic acid groups (broad SMARTS) is 1. The van der Waals surface area contributed by atoms with Crippen molar-refractivity contribution in [3.63, 3.8) is 0 Å². The summed E-state index contributed by atoms with van der Waals surface area (Å²) in [7, 11) is 1.61. The molecule has 33 heavy (non-hydrogen) atoms. The standard InChI is InChI=1S/C27H23N3O3/c1-16-12-21(17(2)29-24-7-5-4-6-20(24)27(31)32)23-14-22(26(15-28)30-25(23)13-16)18-8-10-19(33-3)11-9-18/h4-14,17,29H,1-3H3,(H,31,32)/t17-/m0/s1. The molecular formula is C27H23N3O3. The van der Waals surface area contributed by atoms with Crippen molar-refractivity contribution in [2.45, 2.75) is 19.9 Å². The number of hydrogen-bond donors (Lipinski definition) is 2. The first-order valence-corrected chi connectivity index (χ1v) is 10.5. The number of nitrogens with zero attached hydrogens (tertiary/aromatic N) is 2. The average Bonchev–Trinajstić information content (AvgIpc) is 2.82. The maximum absolute atomic E-state index is 11.6. The molecule has 1 aromatic heterocycles. The summed E-state index contributed by atoms with van der Waals surface area (Å²) in [6.45, 7) is 3.96.